The van der Waals surface area contributed by atoms with Gasteiger partial charge in [-0.2, -0.15) is 8.78 Å². The molecule has 0 unspecified atom stereocenters. The van der Waals surface area contributed by atoms with Crippen molar-refractivity contribution in [1.29, 1.82) is 0 Å². The lowest BCUT2D eigenvalue weighted by Gasteiger charge is -2.24. The maximum absolute atomic E-state index is 13.5. The first kappa shape index (κ1) is 23.0. The van der Waals surface area contributed by atoms with E-state index in [2.05, 4.69) is 10.1 Å². The zero-order valence-corrected chi connectivity index (χ0v) is 16.7. The molecule has 2 aromatic rings. The Bertz CT molecular complexity index is 941. The average molecular weight is 452 g/mol. The number of rotatable bonds is 7. The quantitative estimate of drug-likeness (QED) is 0.494. The normalized spacial score (nSPS) is 11.3. The molecule has 0 heterocycles. The predicted molar refractivity (Wildman–Crippen MR) is 99.3 cm³/mol. The van der Waals surface area contributed by atoms with Crippen LogP contribution in [0.4, 0.5) is 17.6 Å². The molecule has 0 aromatic heterocycles. The average Bonchev–Trinajstić information content (AvgIpc) is 2.66. The van der Waals surface area contributed by atoms with Crippen molar-refractivity contribution >= 4 is 34.9 Å². The van der Waals surface area contributed by atoms with Gasteiger partial charge in [0.25, 0.3) is 0 Å². The summed E-state index contributed by atoms with van der Waals surface area (Å²) in [5.74, 6) is -9.53. The van der Waals surface area contributed by atoms with Crippen LogP contribution in [0.5, 0.6) is 5.75 Å². The van der Waals surface area contributed by atoms with Crippen molar-refractivity contribution in [3.8, 4) is 5.75 Å². The first-order valence-corrected chi connectivity index (χ1v) is 8.92. The Labute approximate surface area is 173 Å². The summed E-state index contributed by atoms with van der Waals surface area (Å²) in [5.41, 5.74) is -0.549. The Kier molecular flexibility index (Phi) is 7.13. The maximum atomic E-state index is 13.5. The summed E-state index contributed by atoms with van der Waals surface area (Å²) < 4.78 is 57.8. The molecular formula is C19H15Cl2F4NO3. The van der Waals surface area contributed by atoms with Crippen LogP contribution in [0.15, 0.2) is 24.3 Å². The van der Waals surface area contributed by atoms with Crippen LogP contribution in [-0.4, -0.2) is 24.8 Å². The standard InChI is InChI=1S/C19H15Cl2F4NO3/c1-19(2,9-3-4-11(20)12(21)5-9)18(28)26-7-10(27)8-29-17-15(24)13(22)6-14(23)16(17)25/h3-6H,7-8H2,1-2H3,(H,26,28). The van der Waals surface area contributed by atoms with Gasteiger partial charge in [0.2, 0.25) is 17.5 Å². The van der Waals surface area contributed by atoms with E-state index in [4.69, 9.17) is 23.2 Å². The van der Waals surface area contributed by atoms with Crippen LogP contribution < -0.4 is 10.1 Å². The molecule has 4 nitrogen and oxygen atoms in total. The summed E-state index contributed by atoms with van der Waals surface area (Å²) in [7, 11) is 0. The van der Waals surface area contributed by atoms with Crippen molar-refractivity contribution < 1.29 is 31.9 Å². The van der Waals surface area contributed by atoms with Crippen LogP contribution in [0.3, 0.4) is 0 Å². The monoisotopic (exact) mass is 451 g/mol. The Morgan fingerprint density at radius 2 is 1.59 bits per heavy atom. The molecule has 2 aromatic carbocycles. The van der Waals surface area contributed by atoms with Gasteiger partial charge in [-0.3, -0.25) is 9.59 Å². The third kappa shape index (κ3) is 5.19. The van der Waals surface area contributed by atoms with Crippen LogP contribution in [0, 0.1) is 23.3 Å². The lowest BCUT2D eigenvalue weighted by Crippen LogP contribution is -2.43. The van der Waals surface area contributed by atoms with Gasteiger partial charge in [-0.25, -0.2) is 8.78 Å². The third-order valence-electron chi connectivity index (χ3n) is 4.10. The molecule has 1 N–H and O–H groups in total. The number of halogens is 6. The molecule has 0 saturated heterocycles. The van der Waals surface area contributed by atoms with Crippen molar-refractivity contribution in [3.63, 3.8) is 0 Å². The van der Waals surface area contributed by atoms with Crippen LogP contribution >= 0.6 is 23.2 Å². The number of carbonyl (C=O) groups is 2. The van der Waals surface area contributed by atoms with Crippen molar-refractivity contribution in [2.75, 3.05) is 13.2 Å². The van der Waals surface area contributed by atoms with Gasteiger partial charge in [-0.1, -0.05) is 29.3 Å². The molecule has 156 valence electrons. The fourth-order valence-corrected chi connectivity index (χ4v) is 2.60. The molecular weight excluding hydrogens is 437 g/mol. The van der Waals surface area contributed by atoms with Gasteiger partial charge >= 0.3 is 0 Å². The molecule has 0 saturated carbocycles. The van der Waals surface area contributed by atoms with Crippen molar-refractivity contribution in [1.82, 2.24) is 5.32 Å². The SMILES string of the molecule is CC(C)(C(=O)NCC(=O)COc1c(F)c(F)cc(F)c1F)c1ccc(Cl)c(Cl)c1. The number of ketones is 1. The molecule has 0 bridgehead atoms. The highest BCUT2D eigenvalue weighted by Gasteiger charge is 2.30. The minimum atomic E-state index is -1.76. The molecule has 0 aliphatic heterocycles. The second-order valence-corrected chi connectivity index (χ2v) is 7.38. The molecule has 0 aliphatic carbocycles. The third-order valence-corrected chi connectivity index (χ3v) is 4.84. The number of hydrogen-bond donors (Lipinski definition) is 1. The van der Waals surface area contributed by atoms with E-state index >= 15 is 0 Å². The summed E-state index contributed by atoms with van der Waals surface area (Å²) in [6.45, 7) is 1.72. The molecule has 0 radical (unpaired) electrons. The molecule has 0 aliphatic rings. The van der Waals surface area contributed by atoms with E-state index in [-0.39, 0.29) is 11.1 Å². The Morgan fingerprint density at radius 1 is 1.00 bits per heavy atom. The molecule has 29 heavy (non-hydrogen) atoms. The smallest absolute Gasteiger partial charge is 0.230 e. The lowest BCUT2D eigenvalue weighted by molar-refractivity contribution is -0.129. The van der Waals surface area contributed by atoms with Gasteiger partial charge in [0.1, 0.15) is 6.61 Å². The second-order valence-electron chi connectivity index (χ2n) is 6.56. The topological polar surface area (TPSA) is 55.4 Å². The number of hydrogen-bond acceptors (Lipinski definition) is 3. The summed E-state index contributed by atoms with van der Waals surface area (Å²) in [6.07, 6.45) is 0. The number of carbonyl (C=O) groups excluding carboxylic acids is 2. The number of Topliss-reactive ketones (excluding diaryl/α,β-unsaturated/α-hetero) is 1. The van der Waals surface area contributed by atoms with Crippen molar-refractivity contribution in [3.05, 3.63) is 63.1 Å². The van der Waals surface area contributed by atoms with Crippen LogP contribution in [0.25, 0.3) is 0 Å². The van der Waals surface area contributed by atoms with Gasteiger partial charge in [0.05, 0.1) is 22.0 Å². The van der Waals surface area contributed by atoms with Gasteiger partial charge in [-0.05, 0) is 31.5 Å². The predicted octanol–water partition coefficient (Wildman–Crippen LogP) is 4.59. The number of benzene rings is 2. The van der Waals surface area contributed by atoms with Gasteiger partial charge in [0, 0.05) is 6.07 Å². The largest absolute Gasteiger partial charge is 0.479 e. The van der Waals surface area contributed by atoms with E-state index in [1.807, 2.05) is 0 Å². The van der Waals surface area contributed by atoms with Gasteiger partial charge < -0.3 is 10.1 Å². The zero-order valence-electron chi connectivity index (χ0n) is 15.2. The summed E-state index contributed by atoms with van der Waals surface area (Å²) >= 11 is 11.8. The minimum absolute atomic E-state index is 0.0185. The molecule has 0 fully saturated rings. The van der Waals surface area contributed by atoms with Crippen LogP contribution in [-0.2, 0) is 15.0 Å². The van der Waals surface area contributed by atoms with Gasteiger partial charge in [-0.15, -0.1) is 0 Å². The van der Waals surface area contributed by atoms with E-state index in [1.54, 1.807) is 19.9 Å². The molecule has 2 rings (SSSR count). The number of nitrogens with one attached hydrogen (secondary N) is 1. The van der Waals surface area contributed by atoms with Crippen LogP contribution in [0.1, 0.15) is 19.4 Å². The maximum Gasteiger partial charge on any atom is 0.230 e. The number of ether oxygens (including phenoxy) is 1. The van der Waals surface area contributed by atoms with Crippen molar-refractivity contribution in [2.24, 2.45) is 0 Å². The van der Waals surface area contributed by atoms with E-state index < -0.39 is 59.3 Å². The first-order valence-electron chi connectivity index (χ1n) is 8.16. The Hall–Kier alpha value is -2.32. The summed E-state index contributed by atoms with van der Waals surface area (Å²) in [5, 5.41) is 2.93. The van der Waals surface area contributed by atoms with E-state index in [0.29, 0.717) is 10.6 Å². The number of amides is 1. The summed E-state index contributed by atoms with van der Waals surface area (Å²) in [4.78, 5) is 24.3. The molecule has 0 spiro atoms. The minimum Gasteiger partial charge on any atom is -0.479 e. The van der Waals surface area contributed by atoms with Crippen molar-refractivity contribution in [2.45, 2.75) is 19.3 Å². The Morgan fingerprint density at radius 3 is 2.14 bits per heavy atom. The van der Waals surface area contributed by atoms with E-state index in [1.165, 1.54) is 12.1 Å². The fourth-order valence-electron chi connectivity index (χ4n) is 2.30. The highest BCUT2D eigenvalue weighted by Crippen LogP contribution is 2.30. The highest BCUT2D eigenvalue weighted by atomic mass is 35.5. The lowest BCUT2D eigenvalue weighted by atomic mass is 9.83. The van der Waals surface area contributed by atoms with E-state index in [0.717, 1.165) is 0 Å². The first-order chi connectivity index (χ1) is 13.4. The Balaban J connectivity index is 1.98. The molecule has 0 atom stereocenters. The highest BCUT2D eigenvalue weighted by molar-refractivity contribution is 6.42. The van der Waals surface area contributed by atoms with Gasteiger partial charge in [0.15, 0.2) is 23.2 Å². The second kappa shape index (κ2) is 9.00. The zero-order chi connectivity index (χ0) is 21.9. The molecule has 1 amide bonds. The van der Waals surface area contributed by atoms with Crippen LogP contribution in [0.2, 0.25) is 10.0 Å². The molecule has 10 heteroatoms. The van der Waals surface area contributed by atoms with E-state index in [9.17, 15) is 27.2 Å². The summed E-state index contributed by atoms with van der Waals surface area (Å²) in [6, 6.07) is 4.65. The fraction of sp³-hybridized carbons (Fsp3) is 0.263.